The summed E-state index contributed by atoms with van der Waals surface area (Å²) < 4.78 is 8.68. The molecule has 0 amide bonds. The fraction of sp³-hybridized carbons (Fsp3) is 0.118. The maximum atomic E-state index is 12.9. The summed E-state index contributed by atoms with van der Waals surface area (Å²) in [6.07, 6.45) is 6.57. The van der Waals surface area contributed by atoms with Crippen molar-refractivity contribution in [3.63, 3.8) is 0 Å². The minimum atomic E-state index is -0.145. The molecule has 0 saturated carbocycles. The molecule has 3 aromatic heterocycles. The average molecular weight is 341 g/mol. The number of ether oxygens (including phenoxy) is 1. The third-order valence-electron chi connectivity index (χ3n) is 3.95. The standard InChI is InChI=1S/C17H13ClN4O2/c1-24-12-5-13(18)16-14(6-12)21(9-11-3-2-4-19-7-11)17(23)15-8-20-10-22(15)16/h2-8,10H,9H2,1H3. The van der Waals surface area contributed by atoms with Crippen LogP contribution in [0.4, 0.5) is 0 Å². The highest BCUT2D eigenvalue weighted by atomic mass is 35.5. The third kappa shape index (κ3) is 2.23. The number of rotatable bonds is 3. The summed E-state index contributed by atoms with van der Waals surface area (Å²) in [7, 11) is 1.57. The molecule has 0 aliphatic carbocycles. The fourth-order valence-electron chi connectivity index (χ4n) is 2.83. The van der Waals surface area contributed by atoms with Crippen molar-refractivity contribution in [2.45, 2.75) is 6.54 Å². The van der Waals surface area contributed by atoms with Gasteiger partial charge in [-0.1, -0.05) is 17.7 Å². The van der Waals surface area contributed by atoms with E-state index in [4.69, 9.17) is 16.3 Å². The van der Waals surface area contributed by atoms with E-state index in [1.807, 2.05) is 12.1 Å². The molecule has 0 atom stereocenters. The summed E-state index contributed by atoms with van der Waals surface area (Å²) in [6, 6.07) is 7.29. The van der Waals surface area contributed by atoms with Gasteiger partial charge in [-0.05, 0) is 11.6 Å². The minimum absolute atomic E-state index is 0.145. The molecule has 24 heavy (non-hydrogen) atoms. The van der Waals surface area contributed by atoms with Crippen LogP contribution >= 0.6 is 11.6 Å². The average Bonchev–Trinajstić information content (AvgIpc) is 3.08. The van der Waals surface area contributed by atoms with Gasteiger partial charge in [0.2, 0.25) is 0 Å². The normalized spacial score (nSPS) is 11.2. The Balaban J connectivity index is 2.10. The Hall–Kier alpha value is -2.86. The second-order valence-electron chi connectivity index (χ2n) is 5.38. The monoisotopic (exact) mass is 340 g/mol. The van der Waals surface area contributed by atoms with Gasteiger partial charge in [0, 0.05) is 24.5 Å². The molecule has 0 aliphatic heterocycles. The minimum Gasteiger partial charge on any atom is -0.497 e. The van der Waals surface area contributed by atoms with E-state index in [1.165, 1.54) is 0 Å². The SMILES string of the molecule is COc1cc(Cl)c2c(c1)n(Cc1cccnc1)c(=O)c1cncn12. The Labute approximate surface area is 141 Å². The molecule has 0 unspecified atom stereocenters. The van der Waals surface area contributed by atoms with Gasteiger partial charge in [-0.2, -0.15) is 0 Å². The molecule has 3 heterocycles. The molecule has 4 rings (SSSR count). The van der Waals surface area contributed by atoms with Crippen molar-refractivity contribution in [2.24, 2.45) is 0 Å². The molecular weight excluding hydrogens is 328 g/mol. The Morgan fingerprint density at radius 1 is 1.21 bits per heavy atom. The number of fused-ring (bicyclic) bond motifs is 3. The third-order valence-corrected chi connectivity index (χ3v) is 4.24. The largest absolute Gasteiger partial charge is 0.497 e. The number of aromatic nitrogens is 4. The molecule has 7 heteroatoms. The van der Waals surface area contributed by atoms with E-state index in [0.29, 0.717) is 33.9 Å². The Kier molecular flexibility index (Phi) is 3.46. The number of halogens is 1. The van der Waals surface area contributed by atoms with Crippen LogP contribution in [-0.4, -0.2) is 26.0 Å². The molecule has 120 valence electrons. The van der Waals surface area contributed by atoms with E-state index in [1.54, 1.807) is 53.1 Å². The van der Waals surface area contributed by atoms with Crippen molar-refractivity contribution in [3.05, 3.63) is 70.1 Å². The first-order chi connectivity index (χ1) is 11.7. The zero-order valence-corrected chi connectivity index (χ0v) is 13.6. The first kappa shape index (κ1) is 14.7. The van der Waals surface area contributed by atoms with Gasteiger partial charge in [0.25, 0.3) is 5.56 Å². The summed E-state index contributed by atoms with van der Waals surface area (Å²) in [5, 5.41) is 0.493. The van der Waals surface area contributed by atoms with Crippen molar-refractivity contribution >= 4 is 28.2 Å². The number of hydrogen-bond acceptors (Lipinski definition) is 4. The van der Waals surface area contributed by atoms with E-state index in [0.717, 1.165) is 5.56 Å². The van der Waals surface area contributed by atoms with Gasteiger partial charge >= 0.3 is 0 Å². The maximum absolute atomic E-state index is 12.9. The number of nitrogens with zero attached hydrogens (tertiary/aromatic N) is 4. The first-order valence-electron chi connectivity index (χ1n) is 7.30. The van der Waals surface area contributed by atoms with Crippen LogP contribution in [0.25, 0.3) is 16.6 Å². The van der Waals surface area contributed by atoms with Gasteiger partial charge in [0.15, 0.2) is 0 Å². The lowest BCUT2D eigenvalue weighted by atomic mass is 10.2. The molecule has 0 N–H and O–H groups in total. The van der Waals surface area contributed by atoms with Gasteiger partial charge in [0.1, 0.15) is 11.3 Å². The quantitative estimate of drug-likeness (QED) is 0.575. The lowest BCUT2D eigenvalue weighted by Crippen LogP contribution is -2.23. The fourth-order valence-corrected chi connectivity index (χ4v) is 3.13. The summed E-state index contributed by atoms with van der Waals surface area (Å²) in [5.41, 5.74) is 2.64. The molecule has 0 aliphatic rings. The van der Waals surface area contributed by atoms with Crippen LogP contribution in [0.5, 0.6) is 5.75 Å². The zero-order valence-electron chi connectivity index (χ0n) is 12.8. The maximum Gasteiger partial charge on any atom is 0.277 e. The van der Waals surface area contributed by atoms with Crippen molar-refractivity contribution < 1.29 is 4.74 Å². The molecule has 0 fully saturated rings. The number of pyridine rings is 1. The van der Waals surface area contributed by atoms with Crippen LogP contribution in [0.3, 0.4) is 0 Å². The van der Waals surface area contributed by atoms with Crippen LogP contribution in [0, 0.1) is 0 Å². The molecule has 0 saturated heterocycles. The highest BCUT2D eigenvalue weighted by Gasteiger charge is 2.15. The second kappa shape index (κ2) is 5.65. The lowest BCUT2D eigenvalue weighted by Gasteiger charge is -2.14. The Morgan fingerprint density at radius 2 is 2.08 bits per heavy atom. The van der Waals surface area contributed by atoms with Crippen molar-refractivity contribution in [1.29, 1.82) is 0 Å². The number of hydrogen-bond donors (Lipinski definition) is 0. The van der Waals surface area contributed by atoms with Crippen LogP contribution in [0.15, 0.2) is 54.0 Å². The van der Waals surface area contributed by atoms with Crippen molar-refractivity contribution in [2.75, 3.05) is 7.11 Å². The zero-order chi connectivity index (χ0) is 16.7. The molecule has 0 bridgehead atoms. The molecule has 1 aromatic carbocycles. The van der Waals surface area contributed by atoms with E-state index >= 15 is 0 Å². The van der Waals surface area contributed by atoms with Gasteiger partial charge in [-0.3, -0.25) is 14.2 Å². The molecule has 0 spiro atoms. The molecular formula is C17H13ClN4O2. The smallest absolute Gasteiger partial charge is 0.277 e. The predicted molar refractivity (Wildman–Crippen MR) is 91.9 cm³/mol. The van der Waals surface area contributed by atoms with Gasteiger partial charge in [0.05, 0.1) is 42.2 Å². The van der Waals surface area contributed by atoms with Crippen molar-refractivity contribution in [3.8, 4) is 5.75 Å². The van der Waals surface area contributed by atoms with Crippen LogP contribution < -0.4 is 10.3 Å². The van der Waals surface area contributed by atoms with E-state index in [9.17, 15) is 4.79 Å². The van der Waals surface area contributed by atoms with Gasteiger partial charge < -0.3 is 9.30 Å². The Bertz CT molecular complexity index is 1100. The Morgan fingerprint density at radius 3 is 2.83 bits per heavy atom. The molecule has 6 nitrogen and oxygen atoms in total. The van der Waals surface area contributed by atoms with Crippen LogP contribution in [0.1, 0.15) is 5.56 Å². The predicted octanol–water partition coefficient (Wildman–Crippen LogP) is 2.75. The van der Waals surface area contributed by atoms with Crippen molar-refractivity contribution in [1.82, 2.24) is 18.9 Å². The number of methoxy groups -OCH3 is 1. The lowest BCUT2D eigenvalue weighted by molar-refractivity contribution is 0.415. The highest BCUT2D eigenvalue weighted by Crippen LogP contribution is 2.29. The van der Waals surface area contributed by atoms with Gasteiger partial charge in [-0.25, -0.2) is 4.98 Å². The summed E-state index contributed by atoms with van der Waals surface area (Å²) in [4.78, 5) is 21.1. The second-order valence-corrected chi connectivity index (χ2v) is 5.79. The van der Waals surface area contributed by atoms with Crippen LogP contribution in [-0.2, 0) is 6.54 Å². The number of imidazole rings is 1. The summed E-state index contributed by atoms with van der Waals surface area (Å²) in [6.45, 7) is 0.383. The van der Waals surface area contributed by atoms with Gasteiger partial charge in [-0.15, -0.1) is 0 Å². The molecule has 0 radical (unpaired) electrons. The first-order valence-corrected chi connectivity index (χ1v) is 7.68. The molecule has 4 aromatic rings. The number of benzene rings is 1. The van der Waals surface area contributed by atoms with E-state index < -0.39 is 0 Å². The topological polar surface area (TPSA) is 61.4 Å². The highest BCUT2D eigenvalue weighted by molar-refractivity contribution is 6.35. The summed E-state index contributed by atoms with van der Waals surface area (Å²) >= 11 is 6.45. The van der Waals surface area contributed by atoms with Crippen LogP contribution in [0.2, 0.25) is 5.02 Å². The summed E-state index contributed by atoms with van der Waals surface area (Å²) in [5.74, 6) is 0.589. The van der Waals surface area contributed by atoms with E-state index in [-0.39, 0.29) is 5.56 Å². The van der Waals surface area contributed by atoms with E-state index in [2.05, 4.69) is 9.97 Å².